The Balaban J connectivity index is 2.18. The molecule has 1 aromatic heterocycles. The molecule has 0 aliphatic rings. The number of sulfonamides is 1. The van der Waals surface area contributed by atoms with Gasteiger partial charge in [-0.1, -0.05) is 35.3 Å². The van der Waals surface area contributed by atoms with Gasteiger partial charge in [-0.15, -0.1) is 5.10 Å². The van der Waals surface area contributed by atoms with Gasteiger partial charge in [-0.3, -0.25) is 4.79 Å². The molecule has 0 radical (unpaired) electrons. The Bertz CT molecular complexity index is 1060. The first-order chi connectivity index (χ1) is 12.3. The lowest BCUT2D eigenvalue weighted by atomic mass is 10.1. The summed E-state index contributed by atoms with van der Waals surface area (Å²) in [5, 5.41) is 9.94. The lowest BCUT2D eigenvalue weighted by molar-refractivity contribution is -0.120. The molecule has 2 aromatic carbocycles. The molecule has 0 amide bonds. The lowest BCUT2D eigenvalue weighted by Gasteiger charge is -2.08. The first-order valence-electron chi connectivity index (χ1n) is 7.09. The van der Waals surface area contributed by atoms with Crippen molar-refractivity contribution in [2.24, 2.45) is 5.14 Å². The highest BCUT2D eigenvalue weighted by Crippen LogP contribution is 2.37. The van der Waals surface area contributed by atoms with E-state index in [1.807, 2.05) is 0 Å². The predicted octanol–water partition coefficient (Wildman–Crippen LogP) is 3.03. The van der Waals surface area contributed by atoms with E-state index in [0.717, 1.165) is 0 Å². The molecule has 10 heteroatoms. The summed E-state index contributed by atoms with van der Waals surface area (Å²) in [6.07, 6.45) is 0. The third-order valence-electron chi connectivity index (χ3n) is 3.49. The number of benzene rings is 2. The van der Waals surface area contributed by atoms with Crippen molar-refractivity contribution in [2.75, 3.05) is 0 Å². The van der Waals surface area contributed by atoms with Crippen molar-refractivity contribution in [3.05, 3.63) is 58.6 Å². The van der Waals surface area contributed by atoms with Crippen LogP contribution in [0.2, 0.25) is 10.0 Å². The fraction of sp³-hybridized carbons (Fsp3) is 0. The molecule has 3 aromatic rings. The van der Waals surface area contributed by atoms with E-state index in [-0.39, 0.29) is 22.3 Å². The zero-order valence-corrected chi connectivity index (χ0v) is 15.3. The highest BCUT2D eigenvalue weighted by atomic mass is 35.5. The maximum atomic E-state index is 11.4. The van der Waals surface area contributed by atoms with Gasteiger partial charge in [0.05, 0.1) is 16.3 Å². The predicted molar refractivity (Wildman–Crippen MR) is 97.1 cm³/mol. The number of rotatable bonds is 5. The fourth-order valence-corrected chi connectivity index (χ4v) is 3.23. The summed E-state index contributed by atoms with van der Waals surface area (Å²) in [6.45, 7) is 0.217. The van der Waals surface area contributed by atoms with Gasteiger partial charge in [-0.05, 0) is 36.4 Å². The molecule has 134 valence electrons. The minimum Gasteiger partial charge on any atom is -0.406 e. The summed E-state index contributed by atoms with van der Waals surface area (Å²) in [6, 6.07) is 12.5. The van der Waals surface area contributed by atoms with E-state index in [9.17, 15) is 13.2 Å². The Morgan fingerprint density at radius 1 is 1.04 bits per heavy atom. The molecule has 0 aliphatic carbocycles. The van der Waals surface area contributed by atoms with Gasteiger partial charge in [-0.25, -0.2) is 18.2 Å². The van der Waals surface area contributed by atoms with Gasteiger partial charge in [0.15, 0.2) is 0 Å². The second kappa shape index (κ2) is 7.08. The summed E-state index contributed by atoms with van der Waals surface area (Å²) in [5.74, 6) is -0.0814. The second-order valence-corrected chi connectivity index (χ2v) is 7.52. The van der Waals surface area contributed by atoms with Crippen molar-refractivity contribution < 1.29 is 17.9 Å². The van der Waals surface area contributed by atoms with Crippen LogP contribution in [0.3, 0.4) is 0 Å². The highest BCUT2D eigenvalue weighted by Gasteiger charge is 2.21. The minimum absolute atomic E-state index is 0.0445. The standard InChI is InChI=1S/C16H11Cl2N3O4S/c17-11-3-1-10(2-4-11)15-14(18)16(25-9-22)20-21(15)12-5-7-13(8-6-12)26(19,23)24/h1-9H,(H2,19,23,24). The van der Waals surface area contributed by atoms with Crippen molar-refractivity contribution in [3.63, 3.8) is 0 Å². The van der Waals surface area contributed by atoms with Gasteiger partial charge in [-0.2, -0.15) is 0 Å². The van der Waals surface area contributed by atoms with Gasteiger partial charge in [0.1, 0.15) is 5.02 Å². The zero-order chi connectivity index (χ0) is 18.9. The van der Waals surface area contributed by atoms with Crippen molar-refractivity contribution in [1.29, 1.82) is 0 Å². The average molecular weight is 412 g/mol. The molecule has 0 bridgehead atoms. The Labute approximate surface area is 159 Å². The molecular weight excluding hydrogens is 401 g/mol. The smallest absolute Gasteiger partial charge is 0.299 e. The number of ether oxygens (including phenoxy) is 1. The van der Waals surface area contributed by atoms with E-state index < -0.39 is 10.0 Å². The maximum Gasteiger partial charge on any atom is 0.299 e. The van der Waals surface area contributed by atoms with Gasteiger partial charge in [0, 0.05) is 10.6 Å². The van der Waals surface area contributed by atoms with E-state index in [1.54, 1.807) is 24.3 Å². The van der Waals surface area contributed by atoms with Crippen molar-refractivity contribution in [2.45, 2.75) is 4.90 Å². The molecule has 0 aliphatic heterocycles. The van der Waals surface area contributed by atoms with E-state index in [1.165, 1.54) is 28.9 Å². The Hall–Kier alpha value is -2.39. The number of nitrogens with two attached hydrogens (primary N) is 1. The Morgan fingerprint density at radius 3 is 2.19 bits per heavy atom. The maximum absolute atomic E-state index is 11.4. The van der Waals surface area contributed by atoms with Gasteiger partial charge in [0.25, 0.3) is 12.4 Å². The van der Waals surface area contributed by atoms with Crippen LogP contribution in [0.1, 0.15) is 0 Å². The van der Waals surface area contributed by atoms with Crippen molar-refractivity contribution in [3.8, 4) is 22.8 Å². The molecule has 3 rings (SSSR count). The number of primary sulfonamides is 1. The molecule has 0 saturated heterocycles. The molecule has 0 saturated carbocycles. The van der Waals surface area contributed by atoms with Crippen LogP contribution in [0.4, 0.5) is 0 Å². The number of hydrogen-bond acceptors (Lipinski definition) is 5. The van der Waals surface area contributed by atoms with E-state index >= 15 is 0 Å². The molecule has 0 spiro atoms. The van der Waals surface area contributed by atoms with Crippen LogP contribution in [0, 0.1) is 0 Å². The van der Waals surface area contributed by atoms with Crippen LogP contribution in [-0.4, -0.2) is 24.7 Å². The summed E-state index contributed by atoms with van der Waals surface area (Å²) < 4.78 is 29.1. The van der Waals surface area contributed by atoms with Crippen LogP contribution >= 0.6 is 23.2 Å². The van der Waals surface area contributed by atoms with Gasteiger partial charge < -0.3 is 4.74 Å². The summed E-state index contributed by atoms with van der Waals surface area (Å²) >= 11 is 12.2. The molecule has 0 atom stereocenters. The van der Waals surface area contributed by atoms with Crippen LogP contribution < -0.4 is 9.88 Å². The Morgan fingerprint density at radius 2 is 1.65 bits per heavy atom. The SMILES string of the molecule is NS(=O)(=O)c1ccc(-n2nc(OC=O)c(Cl)c2-c2ccc(Cl)cc2)cc1. The van der Waals surface area contributed by atoms with Gasteiger partial charge >= 0.3 is 0 Å². The monoisotopic (exact) mass is 411 g/mol. The largest absolute Gasteiger partial charge is 0.406 e. The third-order valence-corrected chi connectivity index (χ3v) is 5.01. The molecule has 0 unspecified atom stereocenters. The third kappa shape index (κ3) is 3.58. The number of carbonyl (C=O) groups excluding carboxylic acids is 1. The second-order valence-electron chi connectivity index (χ2n) is 5.14. The fourth-order valence-electron chi connectivity index (χ4n) is 2.32. The van der Waals surface area contributed by atoms with Crippen LogP contribution in [-0.2, 0) is 14.8 Å². The van der Waals surface area contributed by atoms with Crippen LogP contribution in [0.15, 0.2) is 53.4 Å². The zero-order valence-electron chi connectivity index (χ0n) is 13.0. The van der Waals surface area contributed by atoms with E-state index in [0.29, 0.717) is 22.0 Å². The number of aromatic nitrogens is 2. The molecular formula is C16H11Cl2N3O4S. The minimum atomic E-state index is -3.82. The summed E-state index contributed by atoms with van der Waals surface area (Å²) in [4.78, 5) is 10.6. The normalized spacial score (nSPS) is 11.3. The van der Waals surface area contributed by atoms with Crippen molar-refractivity contribution in [1.82, 2.24) is 9.78 Å². The molecule has 2 N–H and O–H groups in total. The molecule has 7 nitrogen and oxygen atoms in total. The molecule has 0 fully saturated rings. The number of hydrogen-bond donors (Lipinski definition) is 1. The van der Waals surface area contributed by atoms with Crippen LogP contribution in [0.5, 0.6) is 5.88 Å². The summed E-state index contributed by atoms with van der Waals surface area (Å²) in [7, 11) is -3.82. The number of nitrogens with zero attached hydrogens (tertiary/aromatic N) is 2. The first-order valence-corrected chi connectivity index (χ1v) is 9.39. The van der Waals surface area contributed by atoms with Crippen molar-refractivity contribution >= 4 is 39.7 Å². The highest BCUT2D eigenvalue weighted by molar-refractivity contribution is 7.89. The Kier molecular flexibility index (Phi) is 5.01. The van der Waals surface area contributed by atoms with E-state index in [2.05, 4.69) is 5.10 Å². The topological polar surface area (TPSA) is 104 Å². The van der Waals surface area contributed by atoms with E-state index in [4.69, 9.17) is 33.1 Å². The first kappa shape index (κ1) is 18.4. The lowest BCUT2D eigenvalue weighted by Crippen LogP contribution is -2.12. The average Bonchev–Trinajstić information content (AvgIpc) is 2.92. The van der Waals surface area contributed by atoms with Gasteiger partial charge in [0.2, 0.25) is 10.0 Å². The van der Waals surface area contributed by atoms with Crippen LogP contribution in [0.25, 0.3) is 16.9 Å². The number of carbonyl (C=O) groups is 1. The summed E-state index contributed by atoms with van der Waals surface area (Å²) in [5.41, 5.74) is 1.61. The quantitative estimate of drug-likeness (QED) is 0.649. The molecule has 26 heavy (non-hydrogen) atoms. The molecule has 1 heterocycles. The number of halogens is 2.